The predicted molar refractivity (Wildman–Crippen MR) is 93.7 cm³/mol. The SMILES string of the molecule is CN1CCCC(C(=O)NS(=O)(=O)c2ccc3c(c2)n(C)c(=O)n3C)C1. The lowest BCUT2D eigenvalue weighted by Crippen LogP contribution is -2.43. The molecule has 3 rings (SSSR count). The van der Waals surface area contributed by atoms with Gasteiger partial charge in [-0.15, -0.1) is 0 Å². The van der Waals surface area contributed by atoms with E-state index < -0.39 is 15.9 Å². The van der Waals surface area contributed by atoms with Crippen LogP contribution in [0.3, 0.4) is 0 Å². The molecular weight excluding hydrogens is 344 g/mol. The number of hydrogen-bond donors (Lipinski definition) is 1. The van der Waals surface area contributed by atoms with Gasteiger partial charge in [-0.25, -0.2) is 17.9 Å². The number of piperidine rings is 1. The van der Waals surface area contributed by atoms with Gasteiger partial charge in [0.25, 0.3) is 10.0 Å². The Kier molecular flexibility index (Phi) is 4.46. The van der Waals surface area contributed by atoms with Gasteiger partial charge in [0.05, 0.1) is 21.8 Å². The minimum Gasteiger partial charge on any atom is -0.306 e. The maximum Gasteiger partial charge on any atom is 0.328 e. The molecule has 1 atom stereocenters. The molecule has 1 aliphatic rings. The molecule has 8 nitrogen and oxygen atoms in total. The Morgan fingerprint density at radius 3 is 2.52 bits per heavy atom. The molecular formula is C16H22N4O4S. The third kappa shape index (κ3) is 3.21. The van der Waals surface area contributed by atoms with E-state index in [1.54, 1.807) is 20.2 Å². The zero-order chi connectivity index (χ0) is 18.4. The van der Waals surface area contributed by atoms with Crippen LogP contribution in [-0.2, 0) is 28.9 Å². The molecule has 1 aromatic carbocycles. The monoisotopic (exact) mass is 366 g/mol. The van der Waals surface area contributed by atoms with Gasteiger partial charge in [0.1, 0.15) is 0 Å². The third-order valence-corrected chi connectivity index (χ3v) is 6.13. The number of rotatable bonds is 3. The summed E-state index contributed by atoms with van der Waals surface area (Å²) in [7, 11) is 1.14. The molecule has 1 N–H and O–H groups in total. The highest BCUT2D eigenvalue weighted by atomic mass is 32.2. The van der Waals surface area contributed by atoms with E-state index in [-0.39, 0.29) is 16.5 Å². The molecule has 0 spiro atoms. The van der Waals surface area contributed by atoms with Crippen molar-refractivity contribution < 1.29 is 13.2 Å². The molecule has 25 heavy (non-hydrogen) atoms. The minimum absolute atomic E-state index is 0.0290. The van der Waals surface area contributed by atoms with Crippen LogP contribution in [0.2, 0.25) is 0 Å². The fourth-order valence-corrected chi connectivity index (χ4v) is 4.37. The lowest BCUT2D eigenvalue weighted by atomic mass is 9.98. The van der Waals surface area contributed by atoms with Crippen LogP contribution in [0.15, 0.2) is 27.9 Å². The maximum absolute atomic E-state index is 12.6. The number of likely N-dealkylation sites (tertiary alicyclic amines) is 1. The highest BCUT2D eigenvalue weighted by Crippen LogP contribution is 2.19. The quantitative estimate of drug-likeness (QED) is 0.827. The minimum atomic E-state index is -3.98. The van der Waals surface area contributed by atoms with Crippen molar-refractivity contribution >= 4 is 27.0 Å². The van der Waals surface area contributed by atoms with Crippen LogP contribution in [0, 0.1) is 5.92 Å². The first kappa shape index (κ1) is 17.7. The van der Waals surface area contributed by atoms with Gasteiger partial charge in [-0.3, -0.25) is 13.9 Å². The Bertz CT molecular complexity index is 989. The second kappa shape index (κ2) is 6.30. The van der Waals surface area contributed by atoms with E-state index in [0.29, 0.717) is 24.0 Å². The standard InChI is InChI=1S/C16H22N4O4S/c1-18-8-4-5-11(10-18)15(21)17-25(23,24)12-6-7-13-14(9-12)20(3)16(22)19(13)2/h6-7,9,11H,4-5,8,10H2,1-3H3,(H,17,21). The first-order valence-electron chi connectivity index (χ1n) is 8.11. The number of aromatic nitrogens is 2. The summed E-state index contributed by atoms with van der Waals surface area (Å²) in [4.78, 5) is 26.3. The Morgan fingerprint density at radius 1 is 1.16 bits per heavy atom. The zero-order valence-electron chi connectivity index (χ0n) is 14.5. The Hall–Kier alpha value is -2.13. The van der Waals surface area contributed by atoms with Crippen LogP contribution < -0.4 is 10.4 Å². The van der Waals surface area contributed by atoms with E-state index >= 15 is 0 Å². The topological polar surface area (TPSA) is 93.4 Å². The molecule has 1 aromatic heterocycles. The van der Waals surface area contributed by atoms with Crippen LogP contribution in [0.4, 0.5) is 0 Å². The summed E-state index contributed by atoms with van der Waals surface area (Å²) in [5.74, 6) is -0.813. The van der Waals surface area contributed by atoms with E-state index in [9.17, 15) is 18.0 Å². The van der Waals surface area contributed by atoms with Gasteiger partial charge >= 0.3 is 5.69 Å². The van der Waals surface area contributed by atoms with Gasteiger partial charge in [-0.05, 0) is 44.6 Å². The van der Waals surface area contributed by atoms with E-state index in [4.69, 9.17) is 0 Å². The molecule has 1 fully saturated rings. The van der Waals surface area contributed by atoms with Crippen LogP contribution in [0.5, 0.6) is 0 Å². The Morgan fingerprint density at radius 2 is 1.84 bits per heavy atom. The van der Waals surface area contributed by atoms with Crippen molar-refractivity contribution in [2.45, 2.75) is 17.7 Å². The van der Waals surface area contributed by atoms with Gasteiger partial charge < -0.3 is 4.90 Å². The van der Waals surface area contributed by atoms with Crippen LogP contribution in [0.1, 0.15) is 12.8 Å². The van der Waals surface area contributed by atoms with E-state index in [1.807, 2.05) is 11.9 Å². The number of amides is 1. The lowest BCUT2D eigenvalue weighted by molar-refractivity contribution is -0.124. The number of fused-ring (bicyclic) bond motifs is 1. The van der Waals surface area contributed by atoms with E-state index in [0.717, 1.165) is 13.0 Å². The van der Waals surface area contributed by atoms with Crippen molar-refractivity contribution in [2.75, 3.05) is 20.1 Å². The Labute approximate surface area is 146 Å². The second-order valence-corrected chi connectivity index (χ2v) is 8.30. The largest absolute Gasteiger partial charge is 0.328 e. The van der Waals surface area contributed by atoms with E-state index in [1.165, 1.54) is 21.3 Å². The fourth-order valence-electron chi connectivity index (χ4n) is 3.31. The molecule has 1 aliphatic heterocycles. The first-order valence-corrected chi connectivity index (χ1v) is 9.59. The highest BCUT2D eigenvalue weighted by molar-refractivity contribution is 7.90. The molecule has 0 aliphatic carbocycles. The van der Waals surface area contributed by atoms with Crippen molar-refractivity contribution in [3.63, 3.8) is 0 Å². The average molecular weight is 366 g/mol. The molecule has 1 amide bonds. The molecule has 9 heteroatoms. The lowest BCUT2D eigenvalue weighted by Gasteiger charge is -2.28. The summed E-state index contributed by atoms with van der Waals surface area (Å²) in [5.41, 5.74) is 0.894. The number of carbonyl (C=O) groups is 1. The maximum atomic E-state index is 12.6. The average Bonchev–Trinajstić information content (AvgIpc) is 2.79. The van der Waals surface area contributed by atoms with Crippen molar-refractivity contribution in [1.82, 2.24) is 18.8 Å². The number of nitrogens with zero attached hydrogens (tertiary/aromatic N) is 3. The van der Waals surface area contributed by atoms with Gasteiger partial charge in [-0.1, -0.05) is 0 Å². The van der Waals surface area contributed by atoms with Crippen molar-refractivity contribution in [2.24, 2.45) is 20.0 Å². The first-order chi connectivity index (χ1) is 11.7. The van der Waals surface area contributed by atoms with Crippen molar-refractivity contribution in [3.8, 4) is 0 Å². The Balaban J connectivity index is 1.89. The molecule has 2 heterocycles. The molecule has 2 aromatic rings. The highest BCUT2D eigenvalue weighted by Gasteiger charge is 2.28. The molecule has 0 radical (unpaired) electrons. The smallest absolute Gasteiger partial charge is 0.306 e. The zero-order valence-corrected chi connectivity index (χ0v) is 15.3. The number of nitrogens with one attached hydrogen (secondary N) is 1. The van der Waals surface area contributed by atoms with Crippen molar-refractivity contribution in [1.29, 1.82) is 0 Å². The number of imidazole rings is 1. The van der Waals surface area contributed by atoms with Crippen LogP contribution in [0.25, 0.3) is 11.0 Å². The second-order valence-electron chi connectivity index (χ2n) is 6.62. The van der Waals surface area contributed by atoms with Gasteiger partial charge in [0.15, 0.2) is 0 Å². The van der Waals surface area contributed by atoms with Gasteiger partial charge in [0.2, 0.25) is 5.91 Å². The number of sulfonamides is 1. The predicted octanol–water partition coefficient (Wildman–Crippen LogP) is 0.0237. The molecule has 0 saturated carbocycles. The molecule has 1 saturated heterocycles. The summed E-state index contributed by atoms with van der Waals surface area (Å²) in [6, 6.07) is 4.40. The number of carbonyl (C=O) groups excluding carboxylic acids is 1. The molecule has 136 valence electrons. The van der Waals surface area contributed by atoms with Crippen molar-refractivity contribution in [3.05, 3.63) is 28.7 Å². The van der Waals surface area contributed by atoms with Crippen LogP contribution >= 0.6 is 0 Å². The molecule has 0 bridgehead atoms. The summed E-state index contributed by atoms with van der Waals surface area (Å²) >= 11 is 0. The summed E-state index contributed by atoms with van der Waals surface area (Å²) in [6.45, 7) is 1.46. The summed E-state index contributed by atoms with van der Waals surface area (Å²) < 4.78 is 30.2. The summed E-state index contributed by atoms with van der Waals surface area (Å²) in [5, 5.41) is 0. The molecule has 1 unspecified atom stereocenters. The van der Waals surface area contributed by atoms with Crippen LogP contribution in [-0.4, -0.2) is 48.5 Å². The fraction of sp³-hybridized carbons (Fsp3) is 0.500. The van der Waals surface area contributed by atoms with E-state index in [2.05, 4.69) is 4.72 Å². The summed E-state index contributed by atoms with van der Waals surface area (Å²) in [6.07, 6.45) is 1.55. The van der Waals surface area contributed by atoms with Gasteiger partial charge in [0, 0.05) is 20.6 Å². The number of aryl methyl sites for hydroxylation is 2. The third-order valence-electron chi connectivity index (χ3n) is 4.78. The number of benzene rings is 1. The normalized spacial score (nSPS) is 19.2. The number of hydrogen-bond acceptors (Lipinski definition) is 5. The van der Waals surface area contributed by atoms with Gasteiger partial charge in [-0.2, -0.15) is 0 Å².